The van der Waals surface area contributed by atoms with E-state index in [0.717, 1.165) is 34.3 Å². The average Bonchev–Trinajstić information content (AvgIpc) is 3.21. The van der Waals surface area contributed by atoms with Crippen molar-refractivity contribution in [2.24, 2.45) is 4.99 Å². The van der Waals surface area contributed by atoms with Gasteiger partial charge in [-0.05, 0) is 48.4 Å². The van der Waals surface area contributed by atoms with Crippen LogP contribution in [0.4, 0.5) is 18.9 Å². The molecule has 0 spiro atoms. The molecule has 0 bridgehead atoms. The highest BCUT2D eigenvalue weighted by atomic mass is 19.2. The molecule has 3 N–H and O–H groups in total. The number of H-pyrrole nitrogens is 1. The van der Waals surface area contributed by atoms with Gasteiger partial charge in [-0.15, -0.1) is 0 Å². The SMILES string of the molecule is COCC1=CN(Cc2cc(F)c(F)c(F)c2)C(Nc2ccc3[nH]ccc3c2C)=NC1O. The summed E-state index contributed by atoms with van der Waals surface area (Å²) >= 11 is 0. The van der Waals surface area contributed by atoms with Gasteiger partial charge in [-0.1, -0.05) is 0 Å². The molecule has 31 heavy (non-hydrogen) atoms. The summed E-state index contributed by atoms with van der Waals surface area (Å²) in [4.78, 5) is 9.03. The first-order valence-electron chi connectivity index (χ1n) is 9.56. The van der Waals surface area contributed by atoms with Crippen molar-refractivity contribution in [3.05, 3.63) is 76.9 Å². The predicted molar refractivity (Wildman–Crippen MR) is 112 cm³/mol. The fourth-order valence-corrected chi connectivity index (χ4v) is 3.54. The smallest absolute Gasteiger partial charge is 0.205 e. The van der Waals surface area contributed by atoms with E-state index in [0.29, 0.717) is 5.57 Å². The van der Waals surface area contributed by atoms with Crippen LogP contribution >= 0.6 is 0 Å². The van der Waals surface area contributed by atoms with Crippen LogP contribution in [0.2, 0.25) is 0 Å². The number of aliphatic hydroxyl groups excluding tert-OH is 1. The highest BCUT2D eigenvalue weighted by molar-refractivity contribution is 5.99. The molecule has 1 atom stereocenters. The van der Waals surface area contributed by atoms with Crippen molar-refractivity contribution in [2.45, 2.75) is 19.7 Å². The van der Waals surface area contributed by atoms with Crippen molar-refractivity contribution < 1.29 is 23.0 Å². The molecule has 1 unspecified atom stereocenters. The number of anilines is 1. The molecular formula is C22H21F3N4O2. The minimum atomic E-state index is -1.52. The van der Waals surface area contributed by atoms with Crippen molar-refractivity contribution in [1.29, 1.82) is 0 Å². The van der Waals surface area contributed by atoms with E-state index < -0.39 is 23.7 Å². The zero-order chi connectivity index (χ0) is 22.1. The Morgan fingerprint density at radius 3 is 2.65 bits per heavy atom. The third-order valence-electron chi connectivity index (χ3n) is 5.13. The fourth-order valence-electron chi connectivity index (χ4n) is 3.54. The lowest BCUT2D eigenvalue weighted by Gasteiger charge is -2.30. The molecule has 0 fully saturated rings. The van der Waals surface area contributed by atoms with Crippen molar-refractivity contribution in [3.8, 4) is 0 Å². The summed E-state index contributed by atoms with van der Waals surface area (Å²) in [5.41, 5.74) is 3.36. The Bertz CT molecular complexity index is 1170. The number of nitrogens with zero attached hydrogens (tertiary/aromatic N) is 2. The van der Waals surface area contributed by atoms with Gasteiger partial charge in [-0.25, -0.2) is 18.2 Å². The number of aryl methyl sites for hydroxylation is 1. The van der Waals surface area contributed by atoms with E-state index in [1.165, 1.54) is 7.11 Å². The summed E-state index contributed by atoms with van der Waals surface area (Å²) in [6, 6.07) is 7.59. The molecule has 2 heterocycles. The van der Waals surface area contributed by atoms with Gasteiger partial charge < -0.3 is 25.0 Å². The Hall–Kier alpha value is -3.30. The number of benzene rings is 2. The minimum Gasteiger partial charge on any atom is -0.380 e. The quantitative estimate of drug-likeness (QED) is 0.535. The van der Waals surface area contributed by atoms with E-state index in [9.17, 15) is 18.3 Å². The Labute approximate surface area is 176 Å². The van der Waals surface area contributed by atoms with Gasteiger partial charge in [0.2, 0.25) is 5.96 Å². The highest BCUT2D eigenvalue weighted by Crippen LogP contribution is 2.26. The number of methoxy groups -OCH3 is 1. The largest absolute Gasteiger partial charge is 0.380 e. The van der Waals surface area contributed by atoms with Gasteiger partial charge in [0.1, 0.15) is 0 Å². The molecule has 1 aliphatic rings. The molecule has 9 heteroatoms. The van der Waals surface area contributed by atoms with Crippen LogP contribution < -0.4 is 5.32 Å². The van der Waals surface area contributed by atoms with Gasteiger partial charge in [-0.2, -0.15) is 0 Å². The lowest BCUT2D eigenvalue weighted by Crippen LogP contribution is -2.38. The summed E-state index contributed by atoms with van der Waals surface area (Å²) in [7, 11) is 1.48. The first-order valence-corrected chi connectivity index (χ1v) is 9.56. The molecule has 0 aliphatic carbocycles. The Morgan fingerprint density at radius 2 is 1.94 bits per heavy atom. The molecule has 2 aromatic carbocycles. The maximum absolute atomic E-state index is 13.7. The van der Waals surface area contributed by atoms with Crippen LogP contribution in [0.1, 0.15) is 11.1 Å². The van der Waals surface area contributed by atoms with Crippen LogP contribution in [0.3, 0.4) is 0 Å². The molecule has 1 aliphatic heterocycles. The van der Waals surface area contributed by atoms with Gasteiger partial charge in [0.15, 0.2) is 23.7 Å². The maximum atomic E-state index is 13.7. The number of rotatable bonds is 5. The van der Waals surface area contributed by atoms with Crippen molar-refractivity contribution >= 4 is 22.5 Å². The van der Waals surface area contributed by atoms with Gasteiger partial charge in [0.25, 0.3) is 0 Å². The number of aliphatic hydroxyl groups is 1. The van der Waals surface area contributed by atoms with Crippen LogP contribution in [0.5, 0.6) is 0 Å². The molecule has 3 aromatic rings. The van der Waals surface area contributed by atoms with Crippen molar-refractivity contribution in [1.82, 2.24) is 9.88 Å². The number of ether oxygens (including phenoxy) is 1. The summed E-state index contributed by atoms with van der Waals surface area (Å²) in [6.45, 7) is 2.06. The van der Waals surface area contributed by atoms with Crippen LogP contribution in [-0.2, 0) is 11.3 Å². The number of aliphatic imine (C=N–C) groups is 1. The van der Waals surface area contributed by atoms with Gasteiger partial charge >= 0.3 is 0 Å². The van der Waals surface area contributed by atoms with Crippen molar-refractivity contribution in [2.75, 3.05) is 19.0 Å². The highest BCUT2D eigenvalue weighted by Gasteiger charge is 2.24. The molecule has 0 radical (unpaired) electrons. The number of fused-ring (bicyclic) bond motifs is 1. The molecule has 1 aromatic heterocycles. The minimum absolute atomic E-state index is 0.00860. The van der Waals surface area contributed by atoms with E-state index >= 15 is 0 Å². The summed E-state index contributed by atoms with van der Waals surface area (Å²) in [6.07, 6.45) is 2.30. The van der Waals surface area contributed by atoms with Crippen LogP contribution in [-0.4, -0.2) is 40.9 Å². The van der Waals surface area contributed by atoms with Gasteiger partial charge in [0, 0.05) is 41.7 Å². The second-order valence-electron chi connectivity index (χ2n) is 7.27. The summed E-state index contributed by atoms with van der Waals surface area (Å²) in [5.74, 6) is -3.78. The van der Waals surface area contributed by atoms with Crippen LogP contribution in [0.15, 0.2) is 53.3 Å². The van der Waals surface area contributed by atoms with E-state index in [4.69, 9.17) is 4.74 Å². The number of aromatic nitrogens is 1. The van der Waals surface area contributed by atoms with Crippen LogP contribution in [0.25, 0.3) is 10.9 Å². The average molecular weight is 430 g/mol. The van der Waals surface area contributed by atoms with Crippen molar-refractivity contribution in [3.63, 3.8) is 0 Å². The van der Waals surface area contributed by atoms with Crippen LogP contribution in [0, 0.1) is 24.4 Å². The first kappa shape index (κ1) is 21.0. The Balaban J connectivity index is 1.68. The topological polar surface area (TPSA) is 72.9 Å². The summed E-state index contributed by atoms with van der Waals surface area (Å²) in [5, 5.41) is 14.6. The normalized spacial score (nSPS) is 16.5. The molecule has 6 nitrogen and oxygen atoms in total. The van der Waals surface area contributed by atoms with E-state index in [1.807, 2.05) is 31.3 Å². The van der Waals surface area contributed by atoms with Gasteiger partial charge in [-0.3, -0.25) is 0 Å². The molecule has 0 amide bonds. The lowest BCUT2D eigenvalue weighted by atomic mass is 10.1. The monoisotopic (exact) mass is 430 g/mol. The zero-order valence-corrected chi connectivity index (χ0v) is 16.9. The van der Waals surface area contributed by atoms with E-state index in [-0.39, 0.29) is 24.7 Å². The van der Waals surface area contributed by atoms with Gasteiger partial charge in [0.05, 0.1) is 13.2 Å². The zero-order valence-electron chi connectivity index (χ0n) is 16.9. The molecule has 0 saturated heterocycles. The predicted octanol–water partition coefficient (Wildman–Crippen LogP) is 4.03. The number of hydrogen-bond acceptors (Lipinski definition) is 5. The Kier molecular flexibility index (Phi) is 5.71. The van der Waals surface area contributed by atoms with E-state index in [1.54, 1.807) is 11.1 Å². The molecule has 0 saturated carbocycles. The number of aromatic amines is 1. The second-order valence-corrected chi connectivity index (χ2v) is 7.27. The second kappa shape index (κ2) is 8.44. The standard InChI is InChI=1S/C22H21F3N4O2/c1-12-15-5-6-26-19(15)4-3-18(12)27-22-28-21(30)14(11-31-2)10-29(22)9-13-7-16(23)20(25)17(24)8-13/h3-8,10,21,26,30H,9,11H2,1-2H3,(H,27,28). The third kappa shape index (κ3) is 4.14. The number of halogens is 3. The lowest BCUT2D eigenvalue weighted by molar-refractivity contribution is 0.161. The number of hydrogen-bond donors (Lipinski definition) is 3. The first-order chi connectivity index (χ1) is 14.9. The number of nitrogens with one attached hydrogen (secondary N) is 2. The summed E-state index contributed by atoms with van der Waals surface area (Å²) < 4.78 is 45.9. The van der Waals surface area contributed by atoms with E-state index in [2.05, 4.69) is 15.3 Å². The fraction of sp³-hybridized carbons (Fsp3) is 0.227. The molecule has 162 valence electrons. The molecular weight excluding hydrogens is 409 g/mol. The third-order valence-corrected chi connectivity index (χ3v) is 5.13. The Morgan fingerprint density at radius 1 is 1.19 bits per heavy atom. The molecule has 4 rings (SSSR count). The maximum Gasteiger partial charge on any atom is 0.205 e. The number of guanidine groups is 1.